The predicted molar refractivity (Wildman–Crippen MR) is 488 cm³/mol. The molecule has 0 spiro atoms. The van der Waals surface area contributed by atoms with Crippen LogP contribution in [0, 0.1) is 5.82 Å². The van der Waals surface area contributed by atoms with Crippen LogP contribution >= 0.6 is 58.0 Å². The lowest BCUT2D eigenvalue weighted by Gasteiger charge is -2.35. The topological polar surface area (TPSA) is 227 Å². The van der Waals surface area contributed by atoms with Crippen LogP contribution in [0.5, 0.6) is 34.5 Å². The van der Waals surface area contributed by atoms with Gasteiger partial charge in [0.25, 0.3) is 0 Å². The van der Waals surface area contributed by atoms with Gasteiger partial charge in [-0.1, -0.05) is 132 Å². The highest BCUT2D eigenvalue weighted by Crippen LogP contribution is 2.46. The molecule has 4 unspecified atom stereocenters. The summed E-state index contributed by atoms with van der Waals surface area (Å²) in [6, 6.07) is 64.6. The van der Waals surface area contributed by atoms with Crippen molar-refractivity contribution in [3.63, 3.8) is 0 Å². The highest BCUT2D eigenvalue weighted by molar-refractivity contribution is 6.32. The minimum atomic E-state index is -0.713. The largest absolute Gasteiger partial charge is 0.497 e. The molecule has 4 aliphatic rings. The van der Waals surface area contributed by atoms with E-state index in [-0.39, 0.29) is 42.7 Å². The molecular formula is C98H89Cl5F2N8O13. The van der Waals surface area contributed by atoms with Crippen LogP contribution < -0.4 is 28.4 Å². The standard InChI is InChI=1S/C27H22Cl2N2O3.C25H20ClFN2O3.C23H22ClFN2O3.C23H25ClN2O4/c1-2-15-33-20-8-3-17(4-9-20)26-25-22(23-16-19(29)7-12-24(23)30-25)13-14-31(26)27(32)34-21-10-5-18(28)6-11-21;1-31-18-7-2-15(3-8-18)24-23-20(21-14-16(26)4-11-22(21)28-23)12-13-29(24)25(30)32-19-9-5-17(27)6-10-19;1-2-12-29-17-6-3-15(4-7-17)22-21-18(9-11-27(22)23(28)30-13-10-25)19-14-16(24)5-8-20(19)26-21;1-3-29-23(27)26-11-10-18-19-14-16(24)6-9-20(19)25-21(18)22(26)15-4-7-17(8-5-15)30-13-12-28-2/h2-12,16,26,30H,1,13-15H2;2-11,14,24,28H,12-13H2,1H3;2-8,14,22,26H,1,9-13H2;4-9,14,22,25H,3,10-13H2,1-2H3. The van der Waals surface area contributed by atoms with E-state index in [0.29, 0.717) is 121 Å². The molecule has 126 heavy (non-hydrogen) atoms. The summed E-state index contributed by atoms with van der Waals surface area (Å²) in [5, 5.41) is 7.56. The maximum absolute atomic E-state index is 13.3. The van der Waals surface area contributed by atoms with Crippen molar-refractivity contribution in [3.8, 4) is 34.5 Å². The van der Waals surface area contributed by atoms with E-state index in [9.17, 15) is 28.0 Å². The Kier molecular flexibility index (Phi) is 28.4. The van der Waals surface area contributed by atoms with Crippen molar-refractivity contribution in [2.24, 2.45) is 0 Å². The van der Waals surface area contributed by atoms with E-state index >= 15 is 0 Å². The number of aromatic amines is 4. The number of benzene rings is 10. The fourth-order valence-corrected chi connectivity index (χ4v) is 17.3. The lowest BCUT2D eigenvalue weighted by Crippen LogP contribution is -2.42. The molecule has 648 valence electrons. The second kappa shape index (κ2) is 40.6. The summed E-state index contributed by atoms with van der Waals surface area (Å²) in [6.07, 6.45) is 4.33. The van der Waals surface area contributed by atoms with E-state index in [2.05, 4.69) is 33.1 Å². The maximum atomic E-state index is 13.3. The summed E-state index contributed by atoms with van der Waals surface area (Å²) in [5.41, 5.74) is 16.1. The van der Waals surface area contributed by atoms with Gasteiger partial charge in [-0.3, -0.25) is 19.6 Å². The Bertz CT molecular complexity index is 6230. The molecule has 0 aliphatic carbocycles. The summed E-state index contributed by atoms with van der Waals surface area (Å²) in [6.45, 7) is 12.4. The van der Waals surface area contributed by atoms with E-state index in [1.807, 2.05) is 177 Å². The minimum absolute atomic E-state index is 0.258. The monoisotopic (exact) mass is 1800 g/mol. The number of carbonyl (C=O) groups excluding carboxylic acids is 4. The molecule has 0 fully saturated rings. The zero-order valence-corrected chi connectivity index (χ0v) is 72.8. The number of fused-ring (bicyclic) bond motifs is 12. The highest BCUT2D eigenvalue weighted by atomic mass is 35.5. The smallest absolute Gasteiger partial charge is 0.416 e. The Morgan fingerprint density at radius 1 is 0.381 bits per heavy atom. The highest BCUT2D eigenvalue weighted by Gasteiger charge is 2.41. The lowest BCUT2D eigenvalue weighted by molar-refractivity contribution is 0.0836. The molecule has 0 saturated carbocycles. The van der Waals surface area contributed by atoms with E-state index in [4.69, 9.17) is 101 Å². The average Bonchev–Trinajstić information content (AvgIpc) is 1.60. The van der Waals surface area contributed by atoms with E-state index in [0.717, 1.165) is 129 Å². The van der Waals surface area contributed by atoms with Crippen molar-refractivity contribution in [3.05, 3.63) is 342 Å². The van der Waals surface area contributed by atoms with Gasteiger partial charge in [-0.05, 0) is 247 Å². The van der Waals surface area contributed by atoms with Crippen LogP contribution in [0.15, 0.2) is 244 Å². The fourth-order valence-electron chi connectivity index (χ4n) is 16.5. The SMILES string of the molecule is C=CCOc1ccc(C2c3[nH]c4ccc(Cl)cc4c3CCN2C(=O)OCCF)cc1.C=CCOc1ccc(C2c3[nH]c4ccc(Cl)cc4c3CCN2C(=O)Oc2ccc(Cl)cc2)cc1.CCOC(=O)N1CCc2c([nH]c3ccc(Cl)cc23)C1c1ccc(OCCOC)cc1.COc1ccc(C2c3[nH]c4ccc(Cl)cc4c3CCN2C(=O)Oc2ccc(F)cc2)cc1. The number of nitrogens with zero attached hydrogens (tertiary/aromatic N) is 4. The van der Waals surface area contributed by atoms with Gasteiger partial charge in [0.05, 0.1) is 20.3 Å². The van der Waals surface area contributed by atoms with Crippen molar-refractivity contribution in [2.75, 3.05) is 86.7 Å². The summed E-state index contributed by atoms with van der Waals surface area (Å²) < 4.78 is 74.7. The van der Waals surface area contributed by atoms with Gasteiger partial charge in [0.15, 0.2) is 0 Å². The van der Waals surface area contributed by atoms with Crippen molar-refractivity contribution >= 4 is 126 Å². The molecule has 0 radical (unpaired) electrons. The zero-order chi connectivity index (χ0) is 88.1. The third-order valence-electron chi connectivity index (χ3n) is 22.2. The summed E-state index contributed by atoms with van der Waals surface area (Å²) in [7, 11) is 3.26. The molecule has 8 heterocycles. The van der Waals surface area contributed by atoms with Crippen LogP contribution in [0.25, 0.3) is 43.6 Å². The Morgan fingerprint density at radius 3 is 1.00 bits per heavy atom. The molecule has 10 aromatic carbocycles. The van der Waals surface area contributed by atoms with Gasteiger partial charge in [0, 0.05) is 125 Å². The Balaban J connectivity index is 0.000000130. The van der Waals surface area contributed by atoms with Gasteiger partial charge in [-0.2, -0.15) is 0 Å². The number of aromatic nitrogens is 4. The number of methoxy groups -OCH3 is 2. The number of rotatable bonds is 20. The number of H-pyrrole nitrogens is 4. The molecule has 4 amide bonds. The first-order chi connectivity index (χ1) is 61.3. The van der Waals surface area contributed by atoms with Crippen LogP contribution in [-0.2, 0) is 39.9 Å². The summed E-state index contributed by atoms with van der Waals surface area (Å²) >= 11 is 31.0. The molecule has 4 aromatic heterocycles. The number of hydrogen-bond donors (Lipinski definition) is 4. The van der Waals surface area contributed by atoms with Crippen LogP contribution in [0.2, 0.25) is 25.1 Å². The molecular weight excluding hydrogens is 1710 g/mol. The fraction of sp³-hybridized carbons (Fsp3) is 0.224. The van der Waals surface area contributed by atoms with E-state index < -0.39 is 25.0 Å². The van der Waals surface area contributed by atoms with E-state index in [1.165, 1.54) is 29.8 Å². The third-order valence-corrected chi connectivity index (χ3v) is 23.4. The molecule has 4 N–H and O–H groups in total. The van der Waals surface area contributed by atoms with Gasteiger partial charge in [0.2, 0.25) is 0 Å². The molecule has 28 heteroatoms. The minimum Gasteiger partial charge on any atom is -0.497 e. The maximum Gasteiger partial charge on any atom is 0.416 e. The quantitative estimate of drug-likeness (QED) is 0.0412. The van der Waals surface area contributed by atoms with Gasteiger partial charge in [-0.25, -0.2) is 28.0 Å². The molecule has 21 nitrogen and oxygen atoms in total. The number of halogens is 7. The predicted octanol–water partition coefficient (Wildman–Crippen LogP) is 23.7. The third kappa shape index (κ3) is 19.9. The molecule has 4 atom stereocenters. The normalized spacial score (nSPS) is 15.5. The number of nitrogens with one attached hydrogen (secondary N) is 4. The van der Waals surface area contributed by atoms with Crippen molar-refractivity contribution in [1.82, 2.24) is 39.5 Å². The number of ether oxygens (including phenoxy) is 9. The van der Waals surface area contributed by atoms with Gasteiger partial charge >= 0.3 is 24.4 Å². The number of carbonyl (C=O) groups is 4. The first kappa shape index (κ1) is 88.3. The average molecular weight is 1800 g/mol. The van der Waals surface area contributed by atoms with Gasteiger partial charge in [0.1, 0.15) is 97.6 Å². The number of hydrogen-bond acceptors (Lipinski definition) is 13. The lowest BCUT2D eigenvalue weighted by atomic mass is 9.92. The van der Waals surface area contributed by atoms with Gasteiger partial charge in [-0.15, -0.1) is 0 Å². The molecule has 18 rings (SSSR count). The van der Waals surface area contributed by atoms with Crippen molar-refractivity contribution in [2.45, 2.75) is 56.8 Å². The first-order valence-corrected chi connectivity index (χ1v) is 42.8. The molecule has 4 aliphatic heterocycles. The first-order valence-electron chi connectivity index (χ1n) is 40.9. The van der Waals surface area contributed by atoms with Crippen LogP contribution in [0.4, 0.5) is 28.0 Å². The Labute approximate surface area is 751 Å². The second-order valence-electron chi connectivity index (χ2n) is 29.9. The van der Waals surface area contributed by atoms with Crippen LogP contribution in [0.1, 0.15) is 98.4 Å². The summed E-state index contributed by atoms with van der Waals surface area (Å²) in [5.74, 6) is 3.28. The van der Waals surface area contributed by atoms with Crippen molar-refractivity contribution < 1.29 is 70.6 Å². The van der Waals surface area contributed by atoms with Crippen LogP contribution in [-0.4, -0.2) is 151 Å². The van der Waals surface area contributed by atoms with Crippen molar-refractivity contribution in [1.29, 1.82) is 0 Å². The van der Waals surface area contributed by atoms with Gasteiger partial charge < -0.3 is 62.6 Å². The summed E-state index contributed by atoms with van der Waals surface area (Å²) in [4.78, 5) is 72.8. The molecule has 0 saturated heterocycles. The molecule has 14 aromatic rings. The number of alkyl halides is 1. The van der Waals surface area contributed by atoms with Crippen LogP contribution in [0.3, 0.4) is 0 Å². The zero-order valence-electron chi connectivity index (χ0n) is 69.0. The molecule has 0 bridgehead atoms. The number of amides is 4. The Morgan fingerprint density at radius 2 is 0.683 bits per heavy atom. The second-order valence-corrected chi connectivity index (χ2v) is 32.1. The van der Waals surface area contributed by atoms with E-state index in [1.54, 1.807) is 70.2 Å². The Hall–Kier alpha value is -12.6.